The Hall–Kier alpha value is -2.60. The minimum absolute atomic E-state index is 0.0513. The van der Waals surface area contributed by atoms with Crippen molar-refractivity contribution in [2.75, 3.05) is 19.0 Å². The summed E-state index contributed by atoms with van der Waals surface area (Å²) in [5, 5.41) is 5.32. The number of carbonyl (C=O) groups is 2. The van der Waals surface area contributed by atoms with Crippen LogP contribution in [0.4, 0.5) is 10.1 Å². The number of amides is 2. The molecule has 0 aliphatic rings. The lowest BCUT2D eigenvalue weighted by atomic mass is 10.2. The van der Waals surface area contributed by atoms with Crippen LogP contribution in [-0.2, 0) is 4.79 Å². The highest BCUT2D eigenvalue weighted by atomic mass is 35.5. The van der Waals surface area contributed by atoms with Crippen molar-refractivity contribution in [1.29, 1.82) is 0 Å². The van der Waals surface area contributed by atoms with Crippen molar-refractivity contribution in [3.05, 3.63) is 58.9 Å². The number of ether oxygens (including phenoxy) is 1. The Kier molecular flexibility index (Phi) is 6.77. The molecule has 5 nitrogen and oxygen atoms in total. The van der Waals surface area contributed by atoms with Crippen LogP contribution in [0.3, 0.4) is 0 Å². The van der Waals surface area contributed by atoms with Gasteiger partial charge in [0.2, 0.25) is 5.91 Å². The lowest BCUT2D eigenvalue weighted by Gasteiger charge is -2.07. The van der Waals surface area contributed by atoms with Gasteiger partial charge in [-0.25, -0.2) is 4.39 Å². The molecule has 0 atom stereocenters. The molecule has 7 heteroatoms. The summed E-state index contributed by atoms with van der Waals surface area (Å²) in [5.41, 5.74) is 0.949. The third kappa shape index (κ3) is 5.76. The van der Waals surface area contributed by atoms with Gasteiger partial charge in [0.1, 0.15) is 11.6 Å². The SMILES string of the molecule is COc1ccc(C(=O)NCCCC(=O)Nc2ccc(F)c(Cl)c2)cc1. The van der Waals surface area contributed by atoms with Crippen LogP contribution in [0.2, 0.25) is 5.02 Å². The van der Waals surface area contributed by atoms with Gasteiger partial charge in [0.15, 0.2) is 0 Å². The van der Waals surface area contributed by atoms with Gasteiger partial charge < -0.3 is 15.4 Å². The number of anilines is 1. The van der Waals surface area contributed by atoms with E-state index in [2.05, 4.69) is 10.6 Å². The van der Waals surface area contributed by atoms with E-state index >= 15 is 0 Å². The summed E-state index contributed by atoms with van der Waals surface area (Å²) in [6, 6.07) is 10.7. The first kappa shape index (κ1) is 18.7. The van der Waals surface area contributed by atoms with Crippen molar-refractivity contribution in [3.8, 4) is 5.75 Å². The molecule has 132 valence electrons. The summed E-state index contributed by atoms with van der Waals surface area (Å²) in [7, 11) is 1.56. The highest BCUT2D eigenvalue weighted by Crippen LogP contribution is 2.19. The topological polar surface area (TPSA) is 67.4 Å². The van der Waals surface area contributed by atoms with E-state index in [1.54, 1.807) is 31.4 Å². The van der Waals surface area contributed by atoms with Crippen molar-refractivity contribution in [3.63, 3.8) is 0 Å². The number of methoxy groups -OCH3 is 1. The van der Waals surface area contributed by atoms with E-state index in [1.165, 1.54) is 18.2 Å². The third-order valence-corrected chi connectivity index (χ3v) is 3.71. The standard InChI is InChI=1S/C18H18ClFN2O3/c1-25-14-7-4-12(5-8-14)18(24)21-10-2-3-17(23)22-13-6-9-16(20)15(19)11-13/h4-9,11H,2-3,10H2,1H3,(H,21,24)(H,22,23). The molecule has 0 bridgehead atoms. The molecule has 0 heterocycles. The largest absolute Gasteiger partial charge is 0.497 e. The highest BCUT2D eigenvalue weighted by molar-refractivity contribution is 6.31. The molecule has 0 radical (unpaired) electrons. The van der Waals surface area contributed by atoms with E-state index in [1.807, 2.05) is 0 Å². The molecule has 2 amide bonds. The zero-order chi connectivity index (χ0) is 18.2. The maximum absolute atomic E-state index is 13.1. The smallest absolute Gasteiger partial charge is 0.251 e. The fourth-order valence-electron chi connectivity index (χ4n) is 2.09. The van der Waals surface area contributed by atoms with Gasteiger partial charge in [-0.3, -0.25) is 9.59 Å². The quantitative estimate of drug-likeness (QED) is 0.737. The zero-order valence-corrected chi connectivity index (χ0v) is 14.4. The van der Waals surface area contributed by atoms with Crippen molar-refractivity contribution in [2.45, 2.75) is 12.8 Å². The van der Waals surface area contributed by atoms with E-state index in [0.717, 1.165) is 0 Å². The Balaban J connectivity index is 1.71. The number of halogens is 2. The number of nitrogens with one attached hydrogen (secondary N) is 2. The van der Waals surface area contributed by atoms with E-state index in [9.17, 15) is 14.0 Å². The molecule has 2 rings (SSSR count). The minimum Gasteiger partial charge on any atom is -0.497 e. The van der Waals surface area contributed by atoms with Gasteiger partial charge in [-0.15, -0.1) is 0 Å². The van der Waals surface area contributed by atoms with Crippen molar-refractivity contribution < 1.29 is 18.7 Å². The van der Waals surface area contributed by atoms with Crippen LogP contribution in [0.15, 0.2) is 42.5 Å². The van der Waals surface area contributed by atoms with Crippen LogP contribution in [0.1, 0.15) is 23.2 Å². The van der Waals surface area contributed by atoms with Gasteiger partial charge in [0.25, 0.3) is 5.91 Å². The molecule has 0 aromatic heterocycles. The van der Waals surface area contributed by atoms with Gasteiger partial charge >= 0.3 is 0 Å². The summed E-state index contributed by atoms with van der Waals surface area (Å²) in [6.07, 6.45) is 0.695. The van der Waals surface area contributed by atoms with Crippen LogP contribution in [0.5, 0.6) is 5.75 Å². The second-order valence-corrected chi connectivity index (χ2v) is 5.67. The normalized spacial score (nSPS) is 10.2. The molecule has 0 saturated carbocycles. The predicted molar refractivity (Wildman–Crippen MR) is 94.6 cm³/mol. The lowest BCUT2D eigenvalue weighted by Crippen LogP contribution is -2.25. The monoisotopic (exact) mass is 364 g/mol. The average molecular weight is 365 g/mol. The van der Waals surface area contributed by atoms with Crippen molar-refractivity contribution >= 4 is 29.1 Å². The number of rotatable bonds is 7. The summed E-state index contributed by atoms with van der Waals surface area (Å²) in [5.74, 6) is -0.315. The average Bonchev–Trinajstić information content (AvgIpc) is 2.62. The number of hydrogen-bond acceptors (Lipinski definition) is 3. The second-order valence-electron chi connectivity index (χ2n) is 5.27. The first-order chi connectivity index (χ1) is 12.0. The Labute approximate surface area is 150 Å². The van der Waals surface area contributed by atoms with Crippen LogP contribution >= 0.6 is 11.6 Å². The molecule has 2 aromatic rings. The molecule has 0 fully saturated rings. The molecule has 2 N–H and O–H groups in total. The first-order valence-corrected chi connectivity index (χ1v) is 8.04. The third-order valence-electron chi connectivity index (χ3n) is 3.42. The van der Waals surface area contributed by atoms with Gasteiger partial charge in [0.05, 0.1) is 12.1 Å². The van der Waals surface area contributed by atoms with Gasteiger partial charge in [0, 0.05) is 24.2 Å². The van der Waals surface area contributed by atoms with Crippen LogP contribution in [0.25, 0.3) is 0 Å². The van der Waals surface area contributed by atoms with Crippen LogP contribution in [0, 0.1) is 5.82 Å². The summed E-state index contributed by atoms with van der Waals surface area (Å²) in [6.45, 7) is 0.364. The summed E-state index contributed by atoms with van der Waals surface area (Å²) in [4.78, 5) is 23.8. The van der Waals surface area contributed by atoms with Gasteiger partial charge in [-0.05, 0) is 48.9 Å². The highest BCUT2D eigenvalue weighted by Gasteiger charge is 2.07. The number of benzene rings is 2. The molecular formula is C18H18ClFN2O3. The fraction of sp³-hybridized carbons (Fsp3) is 0.222. The molecule has 0 aliphatic carbocycles. The Morgan fingerprint density at radius 2 is 1.88 bits per heavy atom. The fourth-order valence-corrected chi connectivity index (χ4v) is 2.27. The summed E-state index contributed by atoms with van der Waals surface area (Å²) < 4.78 is 18.1. The van der Waals surface area contributed by atoms with Crippen molar-refractivity contribution in [2.24, 2.45) is 0 Å². The summed E-state index contributed by atoms with van der Waals surface area (Å²) >= 11 is 5.65. The second kappa shape index (κ2) is 9.03. The van der Waals surface area contributed by atoms with Crippen molar-refractivity contribution in [1.82, 2.24) is 5.32 Å². The number of hydrogen-bond donors (Lipinski definition) is 2. The van der Waals surface area contributed by atoms with E-state index in [0.29, 0.717) is 30.0 Å². The maximum Gasteiger partial charge on any atom is 0.251 e. The van der Waals surface area contributed by atoms with Gasteiger partial charge in [-0.2, -0.15) is 0 Å². The molecule has 0 unspecified atom stereocenters. The van der Waals surface area contributed by atoms with Crippen LogP contribution in [-0.4, -0.2) is 25.5 Å². The predicted octanol–water partition coefficient (Wildman–Crippen LogP) is 3.64. The minimum atomic E-state index is -0.541. The molecular weight excluding hydrogens is 347 g/mol. The van der Waals surface area contributed by atoms with E-state index in [-0.39, 0.29) is 23.3 Å². The first-order valence-electron chi connectivity index (χ1n) is 7.67. The molecule has 2 aromatic carbocycles. The maximum atomic E-state index is 13.1. The Bertz CT molecular complexity index is 750. The molecule has 0 aliphatic heterocycles. The molecule has 0 spiro atoms. The number of carbonyl (C=O) groups excluding carboxylic acids is 2. The van der Waals surface area contributed by atoms with E-state index < -0.39 is 5.82 Å². The lowest BCUT2D eigenvalue weighted by molar-refractivity contribution is -0.116. The molecule has 25 heavy (non-hydrogen) atoms. The Morgan fingerprint density at radius 1 is 1.16 bits per heavy atom. The Morgan fingerprint density at radius 3 is 2.52 bits per heavy atom. The van der Waals surface area contributed by atoms with Crippen LogP contribution < -0.4 is 15.4 Å². The van der Waals surface area contributed by atoms with E-state index in [4.69, 9.17) is 16.3 Å². The van der Waals surface area contributed by atoms with Gasteiger partial charge in [-0.1, -0.05) is 11.6 Å². The molecule has 0 saturated heterocycles. The zero-order valence-electron chi connectivity index (χ0n) is 13.6.